The molecular weight excluding hydrogens is 216 g/mol. The van der Waals surface area contributed by atoms with Crippen LogP contribution in [0.5, 0.6) is 0 Å². The van der Waals surface area contributed by atoms with E-state index in [2.05, 4.69) is 24.5 Å². The van der Waals surface area contributed by atoms with Crippen LogP contribution in [0.15, 0.2) is 0 Å². The lowest BCUT2D eigenvalue weighted by atomic mass is 10.0. The summed E-state index contributed by atoms with van der Waals surface area (Å²) in [7, 11) is 0. The summed E-state index contributed by atoms with van der Waals surface area (Å²) in [6.45, 7) is 10.4. The second kappa shape index (κ2) is 7.09. The van der Waals surface area contributed by atoms with Crippen molar-refractivity contribution >= 4 is 5.78 Å². The molecule has 0 aromatic carbocycles. The van der Waals surface area contributed by atoms with E-state index in [0.29, 0.717) is 12.6 Å². The van der Waals surface area contributed by atoms with E-state index in [1.165, 1.54) is 0 Å². The van der Waals surface area contributed by atoms with Crippen molar-refractivity contribution < 1.29 is 9.53 Å². The zero-order valence-electron chi connectivity index (χ0n) is 11.5. The van der Waals surface area contributed by atoms with Crippen molar-refractivity contribution in [1.82, 2.24) is 10.6 Å². The number of Topliss-reactive ketones (excluding diaryl/α,β-unsaturated/α-hetero) is 1. The van der Waals surface area contributed by atoms with E-state index < -0.39 is 0 Å². The monoisotopic (exact) mass is 242 g/mol. The zero-order chi connectivity index (χ0) is 12.8. The summed E-state index contributed by atoms with van der Waals surface area (Å²) < 4.78 is 5.79. The molecule has 17 heavy (non-hydrogen) atoms. The zero-order valence-corrected chi connectivity index (χ0v) is 11.5. The van der Waals surface area contributed by atoms with Gasteiger partial charge in [-0.05, 0) is 13.0 Å². The fraction of sp³-hybridized carbons (Fsp3) is 0.923. The first-order chi connectivity index (χ1) is 8.00. The minimum absolute atomic E-state index is 0.0524. The highest BCUT2D eigenvalue weighted by Gasteiger charge is 2.24. The second-order valence-electron chi connectivity index (χ2n) is 5.38. The quantitative estimate of drug-likeness (QED) is 0.698. The van der Waals surface area contributed by atoms with Crippen LogP contribution in [-0.4, -0.2) is 43.7 Å². The van der Waals surface area contributed by atoms with Gasteiger partial charge < -0.3 is 15.4 Å². The van der Waals surface area contributed by atoms with Crippen molar-refractivity contribution in [1.29, 1.82) is 0 Å². The van der Waals surface area contributed by atoms with Crippen molar-refractivity contribution in [2.24, 2.45) is 5.92 Å². The van der Waals surface area contributed by atoms with Crippen molar-refractivity contribution in [3.63, 3.8) is 0 Å². The number of carbonyl (C=O) groups excluding carboxylic acids is 1. The Kier molecular flexibility index (Phi) is 6.09. The minimum atomic E-state index is -0.171. The SMILES string of the molecule is CC(C)N[C@@H](COC1CCNC1)C(=O)C(C)C. The second-order valence-corrected chi connectivity index (χ2v) is 5.38. The summed E-state index contributed by atoms with van der Waals surface area (Å²) in [5.74, 6) is 0.293. The average Bonchev–Trinajstić information content (AvgIpc) is 2.75. The fourth-order valence-corrected chi connectivity index (χ4v) is 2.02. The Morgan fingerprint density at radius 1 is 1.41 bits per heavy atom. The normalized spacial score (nSPS) is 22.4. The van der Waals surface area contributed by atoms with Crippen LogP contribution in [0, 0.1) is 5.92 Å². The van der Waals surface area contributed by atoms with E-state index in [9.17, 15) is 4.79 Å². The van der Waals surface area contributed by atoms with Crippen LogP contribution in [0.3, 0.4) is 0 Å². The van der Waals surface area contributed by atoms with Gasteiger partial charge in [0.2, 0.25) is 0 Å². The van der Waals surface area contributed by atoms with E-state index >= 15 is 0 Å². The van der Waals surface area contributed by atoms with Crippen LogP contribution in [0.2, 0.25) is 0 Å². The highest BCUT2D eigenvalue weighted by molar-refractivity contribution is 5.85. The lowest BCUT2D eigenvalue weighted by Crippen LogP contribution is -2.46. The van der Waals surface area contributed by atoms with Gasteiger partial charge in [-0.1, -0.05) is 27.7 Å². The number of rotatable bonds is 7. The molecule has 0 aromatic heterocycles. The summed E-state index contributed by atoms with van der Waals surface area (Å²) in [4.78, 5) is 12.0. The molecule has 1 fully saturated rings. The average molecular weight is 242 g/mol. The summed E-state index contributed by atoms with van der Waals surface area (Å²) in [6.07, 6.45) is 1.32. The van der Waals surface area contributed by atoms with Gasteiger partial charge in [0.05, 0.1) is 18.8 Å². The number of hydrogen-bond acceptors (Lipinski definition) is 4. The highest BCUT2D eigenvalue weighted by atomic mass is 16.5. The van der Waals surface area contributed by atoms with Crippen LogP contribution in [-0.2, 0) is 9.53 Å². The predicted octanol–water partition coefficient (Wildman–Crippen LogP) is 0.957. The smallest absolute Gasteiger partial charge is 0.154 e. The summed E-state index contributed by atoms with van der Waals surface area (Å²) in [5, 5.41) is 6.55. The minimum Gasteiger partial charge on any atom is -0.375 e. The molecule has 0 aliphatic carbocycles. The summed E-state index contributed by atoms with van der Waals surface area (Å²) in [6, 6.07) is 0.128. The highest BCUT2D eigenvalue weighted by Crippen LogP contribution is 2.07. The first-order valence-electron chi connectivity index (χ1n) is 6.62. The maximum atomic E-state index is 12.0. The summed E-state index contributed by atoms with van der Waals surface area (Å²) >= 11 is 0. The van der Waals surface area contributed by atoms with E-state index in [1.54, 1.807) is 0 Å². The molecular formula is C13H26N2O2. The third-order valence-electron chi connectivity index (χ3n) is 2.96. The molecule has 2 atom stereocenters. The van der Waals surface area contributed by atoms with Crippen molar-refractivity contribution in [3.8, 4) is 0 Å². The van der Waals surface area contributed by atoms with Gasteiger partial charge in [0.25, 0.3) is 0 Å². The van der Waals surface area contributed by atoms with Crippen LogP contribution < -0.4 is 10.6 Å². The molecule has 1 rings (SSSR count). The number of carbonyl (C=O) groups is 1. The Morgan fingerprint density at radius 2 is 2.12 bits per heavy atom. The standard InChI is InChI=1S/C13H26N2O2/c1-9(2)13(16)12(15-10(3)4)8-17-11-5-6-14-7-11/h9-12,14-15H,5-8H2,1-4H3/t11?,12-/m0/s1. The maximum absolute atomic E-state index is 12.0. The van der Waals surface area contributed by atoms with Gasteiger partial charge in [-0.25, -0.2) is 0 Å². The first kappa shape index (κ1) is 14.6. The Balaban J connectivity index is 2.41. The number of ketones is 1. The molecule has 4 heteroatoms. The molecule has 100 valence electrons. The molecule has 0 aromatic rings. The maximum Gasteiger partial charge on any atom is 0.154 e. The fourth-order valence-electron chi connectivity index (χ4n) is 2.02. The lowest BCUT2D eigenvalue weighted by molar-refractivity contribution is -0.126. The molecule has 0 radical (unpaired) electrons. The molecule has 1 aliphatic heterocycles. The van der Waals surface area contributed by atoms with Gasteiger partial charge in [-0.15, -0.1) is 0 Å². The van der Waals surface area contributed by atoms with Crippen molar-refractivity contribution in [2.45, 2.75) is 52.3 Å². The van der Waals surface area contributed by atoms with Crippen LogP contribution in [0.1, 0.15) is 34.1 Å². The molecule has 0 amide bonds. The van der Waals surface area contributed by atoms with Gasteiger partial charge in [0, 0.05) is 18.5 Å². The summed E-state index contributed by atoms with van der Waals surface area (Å²) in [5.41, 5.74) is 0. The number of hydrogen-bond donors (Lipinski definition) is 2. The Bertz CT molecular complexity index is 236. The third kappa shape index (κ3) is 5.15. The molecule has 1 unspecified atom stereocenters. The van der Waals surface area contributed by atoms with Gasteiger partial charge >= 0.3 is 0 Å². The third-order valence-corrected chi connectivity index (χ3v) is 2.96. The molecule has 0 saturated carbocycles. The van der Waals surface area contributed by atoms with Gasteiger partial charge in [0.15, 0.2) is 5.78 Å². The van der Waals surface area contributed by atoms with Crippen LogP contribution in [0.25, 0.3) is 0 Å². The molecule has 0 bridgehead atoms. The largest absolute Gasteiger partial charge is 0.375 e. The van der Waals surface area contributed by atoms with Crippen LogP contribution >= 0.6 is 0 Å². The Hall–Kier alpha value is -0.450. The van der Waals surface area contributed by atoms with Crippen molar-refractivity contribution in [2.75, 3.05) is 19.7 Å². The molecule has 1 saturated heterocycles. The first-order valence-corrected chi connectivity index (χ1v) is 6.62. The van der Waals surface area contributed by atoms with Gasteiger partial charge in [-0.3, -0.25) is 4.79 Å². The van der Waals surface area contributed by atoms with E-state index in [0.717, 1.165) is 19.5 Å². The van der Waals surface area contributed by atoms with E-state index in [1.807, 2.05) is 13.8 Å². The van der Waals surface area contributed by atoms with E-state index in [4.69, 9.17) is 4.74 Å². The van der Waals surface area contributed by atoms with Gasteiger partial charge in [0.1, 0.15) is 0 Å². The molecule has 0 spiro atoms. The Labute approximate surface area is 104 Å². The molecule has 1 aliphatic rings. The number of ether oxygens (including phenoxy) is 1. The molecule has 4 nitrogen and oxygen atoms in total. The molecule has 1 heterocycles. The topological polar surface area (TPSA) is 50.4 Å². The number of nitrogens with one attached hydrogen (secondary N) is 2. The van der Waals surface area contributed by atoms with E-state index in [-0.39, 0.29) is 23.8 Å². The van der Waals surface area contributed by atoms with Gasteiger partial charge in [-0.2, -0.15) is 0 Å². The lowest BCUT2D eigenvalue weighted by Gasteiger charge is -2.23. The molecule has 2 N–H and O–H groups in total. The van der Waals surface area contributed by atoms with Crippen LogP contribution in [0.4, 0.5) is 0 Å². The van der Waals surface area contributed by atoms with Crippen molar-refractivity contribution in [3.05, 3.63) is 0 Å². The predicted molar refractivity (Wildman–Crippen MR) is 69.1 cm³/mol. The Morgan fingerprint density at radius 3 is 2.59 bits per heavy atom.